The van der Waals surface area contributed by atoms with Gasteiger partial charge in [-0.1, -0.05) is 244 Å². The Balaban J connectivity index is 2.28. The van der Waals surface area contributed by atoms with Crippen molar-refractivity contribution >= 4 is 16.4 Å². The lowest BCUT2D eigenvalue weighted by Gasteiger charge is -2.41. The highest BCUT2D eigenvalue weighted by Crippen LogP contribution is 2.26. The van der Waals surface area contributed by atoms with Crippen LogP contribution in [0.4, 0.5) is 0 Å². The topological polar surface area (TPSA) is 178 Å². The zero-order valence-corrected chi connectivity index (χ0v) is 45.2. The van der Waals surface area contributed by atoms with E-state index >= 15 is 0 Å². The van der Waals surface area contributed by atoms with Gasteiger partial charge in [-0.3, -0.25) is 9.35 Å². The van der Waals surface area contributed by atoms with Crippen molar-refractivity contribution < 1.29 is 56.2 Å². The SMILES string of the molecule is CCCCCCCC/C=C\CCCCCCCCCCCC(=O)OC(COCCCCCCCCCCCCCCCCCCCCCCCCC)COC1OC(CO)C(O)C(OS(=O)(=O)O)C1O. The summed E-state index contributed by atoms with van der Waals surface area (Å²) in [5.41, 5.74) is 0. The number of aliphatic hydroxyl groups excluding tert-OH is 3. The van der Waals surface area contributed by atoms with E-state index in [2.05, 4.69) is 30.2 Å². The summed E-state index contributed by atoms with van der Waals surface area (Å²) >= 11 is 0. The van der Waals surface area contributed by atoms with Crippen molar-refractivity contribution in [3.63, 3.8) is 0 Å². The molecule has 1 aliphatic rings. The fraction of sp³-hybridized carbons (Fsp3) is 0.946. The van der Waals surface area contributed by atoms with Crippen molar-refractivity contribution in [1.82, 2.24) is 0 Å². The number of rotatable bonds is 52. The molecule has 6 unspecified atom stereocenters. The third-order valence-electron chi connectivity index (χ3n) is 13.6. The lowest BCUT2D eigenvalue weighted by Crippen LogP contribution is -2.60. The fourth-order valence-corrected chi connectivity index (χ4v) is 9.77. The second kappa shape index (κ2) is 47.8. The zero-order chi connectivity index (χ0) is 50.3. The molecule has 0 radical (unpaired) electrons. The van der Waals surface area contributed by atoms with Crippen LogP contribution in [0.25, 0.3) is 0 Å². The smallest absolute Gasteiger partial charge is 0.397 e. The van der Waals surface area contributed by atoms with E-state index in [-0.39, 0.29) is 19.6 Å². The molecule has 0 bridgehead atoms. The van der Waals surface area contributed by atoms with Gasteiger partial charge in [0.25, 0.3) is 0 Å². The maximum atomic E-state index is 12.9. The third kappa shape index (κ3) is 40.9. The number of hydrogen-bond acceptors (Lipinski definition) is 11. The molecule has 0 aromatic heterocycles. The van der Waals surface area contributed by atoms with Crippen molar-refractivity contribution in [3.8, 4) is 0 Å². The van der Waals surface area contributed by atoms with Gasteiger partial charge in [0.05, 0.1) is 19.8 Å². The highest BCUT2D eigenvalue weighted by Gasteiger charge is 2.48. The van der Waals surface area contributed by atoms with Crippen LogP contribution in [0.2, 0.25) is 0 Å². The Morgan fingerprint density at radius 3 is 1.30 bits per heavy atom. The molecule has 13 heteroatoms. The van der Waals surface area contributed by atoms with E-state index in [1.54, 1.807) is 0 Å². The second-order valence-electron chi connectivity index (χ2n) is 20.2. The summed E-state index contributed by atoms with van der Waals surface area (Å²) in [4.78, 5) is 12.9. The van der Waals surface area contributed by atoms with Crippen LogP contribution in [0.15, 0.2) is 12.2 Å². The normalized spacial score (nSPS) is 19.2. The predicted molar refractivity (Wildman–Crippen MR) is 281 cm³/mol. The number of hydrogen-bond donors (Lipinski definition) is 4. The number of carbonyl (C=O) groups excluding carboxylic acids is 1. The van der Waals surface area contributed by atoms with Gasteiger partial charge < -0.3 is 34.3 Å². The zero-order valence-electron chi connectivity index (χ0n) is 44.4. The largest absolute Gasteiger partial charge is 0.457 e. The molecule has 0 aromatic carbocycles. The van der Waals surface area contributed by atoms with Crippen molar-refractivity contribution in [2.45, 2.75) is 314 Å². The van der Waals surface area contributed by atoms with Crippen LogP contribution in [0.5, 0.6) is 0 Å². The first kappa shape index (κ1) is 65.9. The maximum absolute atomic E-state index is 12.9. The van der Waals surface area contributed by atoms with Crippen LogP contribution in [0.1, 0.15) is 277 Å². The summed E-state index contributed by atoms with van der Waals surface area (Å²) in [6, 6.07) is 0. The van der Waals surface area contributed by atoms with Gasteiger partial charge in [-0.2, -0.15) is 8.42 Å². The Bertz CT molecular complexity index is 1250. The number of unbranched alkanes of at least 4 members (excludes halogenated alkanes) is 37. The summed E-state index contributed by atoms with van der Waals surface area (Å²) in [5, 5.41) is 30.8. The highest BCUT2D eigenvalue weighted by atomic mass is 32.3. The van der Waals surface area contributed by atoms with E-state index in [1.165, 1.54) is 212 Å². The molecule has 1 saturated heterocycles. The molecular weight excluding hydrogens is 897 g/mol. The molecule has 1 rings (SSSR count). The van der Waals surface area contributed by atoms with Crippen LogP contribution in [0, 0.1) is 0 Å². The van der Waals surface area contributed by atoms with Crippen LogP contribution in [-0.4, -0.2) is 97.5 Å². The Morgan fingerprint density at radius 2 is 0.913 bits per heavy atom. The quantitative estimate of drug-likeness (QED) is 0.0196. The number of allylic oxidation sites excluding steroid dienone is 2. The molecule has 1 fully saturated rings. The van der Waals surface area contributed by atoms with Crippen molar-refractivity contribution in [2.24, 2.45) is 0 Å². The van der Waals surface area contributed by atoms with E-state index in [9.17, 15) is 33.1 Å². The van der Waals surface area contributed by atoms with Crippen molar-refractivity contribution in [1.29, 1.82) is 0 Å². The first-order valence-electron chi connectivity index (χ1n) is 28.9. The summed E-state index contributed by atoms with van der Waals surface area (Å²) in [7, 11) is -5.06. The molecule has 0 amide bonds. The molecule has 4 N–H and O–H groups in total. The van der Waals surface area contributed by atoms with E-state index < -0.39 is 59.8 Å². The molecule has 410 valence electrons. The minimum atomic E-state index is -5.06. The predicted octanol–water partition coefficient (Wildman–Crippen LogP) is 14.1. The molecule has 1 aliphatic heterocycles. The molecule has 0 saturated carbocycles. The van der Waals surface area contributed by atoms with Crippen LogP contribution in [0.3, 0.4) is 0 Å². The average molecular weight is 1010 g/mol. The molecular formula is C56H108O12S. The first-order valence-corrected chi connectivity index (χ1v) is 30.3. The van der Waals surface area contributed by atoms with Crippen molar-refractivity contribution in [3.05, 3.63) is 12.2 Å². The van der Waals surface area contributed by atoms with Gasteiger partial charge in [0.2, 0.25) is 0 Å². The number of aliphatic hydroxyl groups is 3. The minimum Gasteiger partial charge on any atom is -0.457 e. The molecule has 0 aromatic rings. The molecule has 12 nitrogen and oxygen atoms in total. The number of carbonyl (C=O) groups is 1. The van der Waals surface area contributed by atoms with Gasteiger partial charge in [0, 0.05) is 13.0 Å². The van der Waals surface area contributed by atoms with Gasteiger partial charge in [0.15, 0.2) is 6.29 Å². The summed E-state index contributed by atoms with van der Waals surface area (Å²) in [6.45, 7) is 4.06. The van der Waals surface area contributed by atoms with E-state index in [0.29, 0.717) is 13.0 Å². The van der Waals surface area contributed by atoms with Gasteiger partial charge in [-0.15, -0.1) is 0 Å². The summed E-state index contributed by atoms with van der Waals surface area (Å²) in [6.07, 6.45) is 46.8. The maximum Gasteiger partial charge on any atom is 0.397 e. The van der Waals surface area contributed by atoms with Gasteiger partial charge >= 0.3 is 16.4 Å². The van der Waals surface area contributed by atoms with Gasteiger partial charge in [0.1, 0.15) is 30.5 Å². The molecule has 1 heterocycles. The Labute approximate surface area is 423 Å². The number of ether oxygens (including phenoxy) is 4. The summed E-state index contributed by atoms with van der Waals surface area (Å²) in [5.74, 6) is -0.394. The molecule has 69 heavy (non-hydrogen) atoms. The minimum absolute atomic E-state index is 0.0420. The molecule has 6 atom stereocenters. The van der Waals surface area contributed by atoms with Crippen LogP contribution >= 0.6 is 0 Å². The Kier molecular flexibility index (Phi) is 45.6. The molecule has 0 spiro atoms. The first-order chi connectivity index (χ1) is 33.6. The fourth-order valence-electron chi connectivity index (χ4n) is 9.26. The van der Waals surface area contributed by atoms with Crippen LogP contribution < -0.4 is 0 Å². The van der Waals surface area contributed by atoms with Crippen LogP contribution in [-0.2, 0) is 38.3 Å². The highest BCUT2D eigenvalue weighted by molar-refractivity contribution is 7.80. The number of esters is 1. The summed E-state index contributed by atoms with van der Waals surface area (Å²) < 4.78 is 59.4. The van der Waals surface area contributed by atoms with Gasteiger partial charge in [-0.25, -0.2) is 4.18 Å². The Morgan fingerprint density at radius 1 is 0.536 bits per heavy atom. The second-order valence-corrected chi connectivity index (χ2v) is 21.3. The Hall–Kier alpha value is -1.16. The lowest BCUT2D eigenvalue weighted by molar-refractivity contribution is -0.301. The standard InChI is InChI=1S/C56H108O12S/c1-3-5-7-9-11-13-15-17-19-21-23-24-25-26-28-30-32-34-36-38-40-42-44-46-64-48-50(49-65-56-54(60)55(68-69(61,62)63)53(59)51(47-57)67-56)66-52(58)45-43-41-39-37-35-33-31-29-27-22-20-18-16-14-12-10-8-6-4-2/h18,20,50-51,53-57,59-60H,3-17,19,21-49H2,1-2H3,(H,61,62,63)/b20-18-. The third-order valence-corrected chi connectivity index (χ3v) is 14.1. The van der Waals surface area contributed by atoms with E-state index in [1.807, 2.05) is 0 Å². The van der Waals surface area contributed by atoms with Crippen molar-refractivity contribution in [2.75, 3.05) is 26.4 Å². The average Bonchev–Trinajstić information content (AvgIpc) is 3.32. The lowest BCUT2D eigenvalue weighted by atomic mass is 9.99. The monoisotopic (exact) mass is 1000 g/mol. The van der Waals surface area contributed by atoms with E-state index in [0.717, 1.165) is 38.5 Å². The van der Waals surface area contributed by atoms with E-state index in [4.69, 9.17) is 18.9 Å². The van der Waals surface area contributed by atoms with Gasteiger partial charge in [-0.05, 0) is 38.5 Å². The molecule has 0 aliphatic carbocycles.